The van der Waals surface area contributed by atoms with E-state index in [0.29, 0.717) is 18.3 Å². The second kappa shape index (κ2) is 4.25. The van der Waals surface area contributed by atoms with Gasteiger partial charge in [0.25, 0.3) is 5.19 Å². The van der Waals surface area contributed by atoms with Gasteiger partial charge in [0.1, 0.15) is 5.82 Å². The van der Waals surface area contributed by atoms with Gasteiger partial charge in [-0.3, -0.25) is 0 Å². The van der Waals surface area contributed by atoms with Crippen LogP contribution >= 0.6 is 11.5 Å². The molecular formula is C6H11N3OS. The Labute approximate surface area is 69.6 Å². The van der Waals surface area contributed by atoms with Crippen LogP contribution in [0.4, 0.5) is 0 Å². The molecule has 0 bridgehead atoms. The Morgan fingerprint density at radius 3 is 3.00 bits per heavy atom. The van der Waals surface area contributed by atoms with Gasteiger partial charge in [0.15, 0.2) is 0 Å². The standard InChI is InChI=1S/C6H11N3OS/c1-5-8-6(11-9-5)10-4-2-3-7/h2-4,7H2,1H3. The molecule has 0 aliphatic heterocycles. The fourth-order valence-corrected chi connectivity index (χ4v) is 1.14. The summed E-state index contributed by atoms with van der Waals surface area (Å²) >= 11 is 1.28. The average molecular weight is 173 g/mol. The Bertz CT molecular complexity index is 213. The minimum Gasteiger partial charge on any atom is -0.469 e. The van der Waals surface area contributed by atoms with Crippen molar-refractivity contribution in [1.82, 2.24) is 9.36 Å². The van der Waals surface area contributed by atoms with E-state index in [-0.39, 0.29) is 0 Å². The molecule has 0 aromatic carbocycles. The first-order chi connectivity index (χ1) is 5.33. The van der Waals surface area contributed by atoms with Crippen LogP contribution in [-0.2, 0) is 0 Å². The molecule has 2 N–H and O–H groups in total. The fourth-order valence-electron chi connectivity index (χ4n) is 0.579. The molecule has 0 fully saturated rings. The summed E-state index contributed by atoms with van der Waals surface area (Å²) in [5.74, 6) is 0.762. The Morgan fingerprint density at radius 1 is 1.64 bits per heavy atom. The number of ether oxygens (including phenoxy) is 1. The van der Waals surface area contributed by atoms with E-state index < -0.39 is 0 Å². The molecule has 1 aromatic heterocycles. The highest BCUT2D eigenvalue weighted by Gasteiger charge is 1.98. The summed E-state index contributed by atoms with van der Waals surface area (Å²) in [6.07, 6.45) is 0.860. The van der Waals surface area contributed by atoms with Crippen molar-refractivity contribution in [1.29, 1.82) is 0 Å². The number of nitrogens with two attached hydrogens (primary N) is 1. The lowest BCUT2D eigenvalue weighted by atomic mass is 10.5. The van der Waals surface area contributed by atoms with Gasteiger partial charge in [-0.15, -0.1) is 0 Å². The lowest BCUT2D eigenvalue weighted by molar-refractivity contribution is 0.311. The summed E-state index contributed by atoms with van der Waals surface area (Å²) in [4.78, 5) is 4.03. The number of hydrogen-bond acceptors (Lipinski definition) is 5. The van der Waals surface area contributed by atoms with Gasteiger partial charge in [0.2, 0.25) is 0 Å². The summed E-state index contributed by atoms with van der Waals surface area (Å²) in [6, 6.07) is 0. The highest BCUT2D eigenvalue weighted by molar-refractivity contribution is 7.07. The number of nitrogens with zero attached hydrogens (tertiary/aromatic N) is 2. The van der Waals surface area contributed by atoms with E-state index in [1.54, 1.807) is 0 Å². The van der Waals surface area contributed by atoms with Crippen molar-refractivity contribution in [3.05, 3.63) is 5.82 Å². The zero-order valence-electron chi connectivity index (χ0n) is 6.41. The van der Waals surface area contributed by atoms with E-state index in [0.717, 1.165) is 12.2 Å². The maximum absolute atomic E-state index is 5.29. The molecule has 0 spiro atoms. The van der Waals surface area contributed by atoms with Gasteiger partial charge in [-0.2, -0.15) is 9.36 Å². The van der Waals surface area contributed by atoms with E-state index in [2.05, 4.69) is 9.36 Å². The van der Waals surface area contributed by atoms with Crippen molar-refractivity contribution in [3.63, 3.8) is 0 Å². The van der Waals surface area contributed by atoms with Gasteiger partial charge >= 0.3 is 0 Å². The zero-order valence-corrected chi connectivity index (χ0v) is 7.23. The third-order valence-electron chi connectivity index (χ3n) is 1.08. The van der Waals surface area contributed by atoms with Crippen molar-refractivity contribution in [2.75, 3.05) is 13.2 Å². The van der Waals surface area contributed by atoms with Crippen molar-refractivity contribution in [2.24, 2.45) is 5.73 Å². The molecule has 0 aliphatic rings. The Balaban J connectivity index is 2.27. The maximum atomic E-state index is 5.29. The molecular weight excluding hydrogens is 162 g/mol. The highest BCUT2D eigenvalue weighted by atomic mass is 32.1. The molecule has 1 aromatic rings. The summed E-state index contributed by atoms with van der Waals surface area (Å²) in [7, 11) is 0. The molecule has 0 aliphatic carbocycles. The molecule has 1 heterocycles. The lowest BCUT2D eigenvalue weighted by Gasteiger charge is -1.97. The summed E-state index contributed by atoms with van der Waals surface area (Å²) in [6.45, 7) is 3.12. The molecule has 4 nitrogen and oxygen atoms in total. The molecule has 0 saturated heterocycles. The molecule has 5 heteroatoms. The first-order valence-corrected chi connectivity index (χ1v) is 4.23. The predicted octanol–water partition coefficient (Wildman–Crippen LogP) is 0.574. The predicted molar refractivity (Wildman–Crippen MR) is 43.8 cm³/mol. The minimum absolute atomic E-state index is 0.630. The van der Waals surface area contributed by atoms with Gasteiger partial charge in [0.05, 0.1) is 6.61 Å². The van der Waals surface area contributed by atoms with Gasteiger partial charge in [0, 0.05) is 11.5 Å². The van der Waals surface area contributed by atoms with E-state index >= 15 is 0 Å². The van der Waals surface area contributed by atoms with E-state index in [1.807, 2.05) is 6.92 Å². The fraction of sp³-hybridized carbons (Fsp3) is 0.667. The second-order valence-corrected chi connectivity index (χ2v) is 2.81. The first kappa shape index (κ1) is 8.42. The van der Waals surface area contributed by atoms with Crippen LogP contribution in [0.5, 0.6) is 5.19 Å². The van der Waals surface area contributed by atoms with Crippen molar-refractivity contribution in [2.45, 2.75) is 13.3 Å². The molecule has 0 saturated carbocycles. The van der Waals surface area contributed by atoms with Crippen LogP contribution in [0.2, 0.25) is 0 Å². The highest BCUT2D eigenvalue weighted by Crippen LogP contribution is 2.12. The van der Waals surface area contributed by atoms with Crippen LogP contribution in [0, 0.1) is 6.92 Å². The molecule has 11 heavy (non-hydrogen) atoms. The molecule has 0 atom stereocenters. The maximum Gasteiger partial charge on any atom is 0.293 e. The van der Waals surface area contributed by atoms with Crippen LogP contribution in [0.15, 0.2) is 0 Å². The number of aryl methyl sites for hydroxylation is 1. The third-order valence-corrected chi connectivity index (χ3v) is 1.80. The molecule has 0 unspecified atom stereocenters. The third kappa shape index (κ3) is 2.81. The monoisotopic (exact) mass is 173 g/mol. The second-order valence-electron chi connectivity index (χ2n) is 2.10. The lowest BCUT2D eigenvalue weighted by Crippen LogP contribution is -2.05. The summed E-state index contributed by atoms with van der Waals surface area (Å²) in [5, 5.41) is 0.635. The Morgan fingerprint density at radius 2 is 2.45 bits per heavy atom. The van der Waals surface area contributed by atoms with E-state index in [4.69, 9.17) is 10.5 Å². The molecule has 62 valence electrons. The van der Waals surface area contributed by atoms with Crippen molar-refractivity contribution >= 4 is 11.5 Å². The number of rotatable bonds is 4. The molecule has 0 amide bonds. The summed E-state index contributed by atoms with van der Waals surface area (Å²) < 4.78 is 9.20. The van der Waals surface area contributed by atoms with Gasteiger partial charge in [-0.05, 0) is 19.9 Å². The average Bonchev–Trinajstić information content (AvgIpc) is 2.37. The largest absolute Gasteiger partial charge is 0.469 e. The molecule has 0 radical (unpaired) electrons. The van der Waals surface area contributed by atoms with Crippen molar-refractivity contribution in [3.8, 4) is 5.19 Å². The number of hydrogen-bond donors (Lipinski definition) is 1. The van der Waals surface area contributed by atoms with E-state index in [9.17, 15) is 0 Å². The van der Waals surface area contributed by atoms with Gasteiger partial charge < -0.3 is 10.5 Å². The van der Waals surface area contributed by atoms with Gasteiger partial charge in [-0.1, -0.05) is 0 Å². The van der Waals surface area contributed by atoms with Crippen molar-refractivity contribution < 1.29 is 4.74 Å². The minimum atomic E-state index is 0.630. The quantitative estimate of drug-likeness (QED) is 0.676. The molecule has 1 rings (SSSR count). The Hall–Kier alpha value is -0.680. The SMILES string of the molecule is Cc1nsc(OCCCN)n1. The van der Waals surface area contributed by atoms with Crippen LogP contribution in [0.25, 0.3) is 0 Å². The number of aromatic nitrogens is 2. The smallest absolute Gasteiger partial charge is 0.293 e. The normalized spacial score (nSPS) is 10.0. The van der Waals surface area contributed by atoms with Gasteiger partial charge in [-0.25, -0.2) is 0 Å². The van der Waals surface area contributed by atoms with Crippen LogP contribution in [-0.4, -0.2) is 22.5 Å². The first-order valence-electron chi connectivity index (χ1n) is 3.46. The van der Waals surface area contributed by atoms with Crippen LogP contribution in [0.1, 0.15) is 12.2 Å². The van der Waals surface area contributed by atoms with Crippen LogP contribution < -0.4 is 10.5 Å². The summed E-state index contributed by atoms with van der Waals surface area (Å²) in [5.41, 5.74) is 5.29. The zero-order chi connectivity index (χ0) is 8.10. The van der Waals surface area contributed by atoms with Crippen LogP contribution in [0.3, 0.4) is 0 Å². The Kier molecular flexibility index (Phi) is 3.25. The van der Waals surface area contributed by atoms with E-state index in [1.165, 1.54) is 11.5 Å². The topological polar surface area (TPSA) is 61.0 Å².